The molecule has 57 heavy (non-hydrogen) atoms. The molecule has 0 saturated heterocycles. The van der Waals surface area contributed by atoms with E-state index in [0.29, 0.717) is 0 Å². The summed E-state index contributed by atoms with van der Waals surface area (Å²) in [6, 6.07) is 74.4. The lowest BCUT2D eigenvalue weighted by atomic mass is 9.93. The number of fused-ring (bicyclic) bond motifs is 9. The zero-order valence-corrected chi connectivity index (χ0v) is 30.9. The third-order valence-electron chi connectivity index (χ3n) is 11.7. The van der Waals surface area contributed by atoms with Gasteiger partial charge in [-0.05, 0) is 107 Å². The average molecular weight is 727 g/mol. The quantitative estimate of drug-likeness (QED) is 0.173. The Bertz CT molecular complexity index is 3470. The van der Waals surface area contributed by atoms with E-state index in [1.165, 1.54) is 54.7 Å². The maximum Gasteiger partial charge on any atom is 0.143 e. The Balaban J connectivity index is 1.03. The number of hydrogen-bond acceptors (Lipinski definition) is 1. The molecule has 0 aliphatic carbocycles. The summed E-state index contributed by atoms with van der Waals surface area (Å²) in [7, 11) is 0. The lowest BCUT2D eigenvalue weighted by Gasteiger charge is -2.13. The fourth-order valence-corrected chi connectivity index (χ4v) is 9.11. The predicted molar refractivity (Wildman–Crippen MR) is 239 cm³/mol. The number of rotatable bonds is 5. The second-order valence-electron chi connectivity index (χ2n) is 14.9. The van der Waals surface area contributed by atoms with Crippen molar-refractivity contribution in [2.24, 2.45) is 0 Å². The summed E-state index contributed by atoms with van der Waals surface area (Å²) < 4.78 is 11.4. The van der Waals surface area contributed by atoms with Crippen LogP contribution in [0.25, 0.3) is 110 Å². The van der Waals surface area contributed by atoms with E-state index in [-0.39, 0.29) is 0 Å². The van der Waals surface area contributed by atoms with Crippen LogP contribution < -0.4 is 0 Å². The van der Waals surface area contributed by atoms with E-state index in [1.807, 2.05) is 6.07 Å². The standard InChI is InChI=1S/C54H34N2O/c1-2-17-40(18-3-1)55-51-26-10-6-22-44(51)47-32-37(28-29-52(47)55)35-14-12-15-36(30-35)39-33-46(54-48(34-39)45-23-7-11-27-53(45)57-54)38-16-13-19-41(31-38)56-49-24-8-4-20-42(49)43-21-5-9-25-50(43)56/h1-34H. The molecule has 9 aromatic carbocycles. The van der Waals surface area contributed by atoms with E-state index < -0.39 is 0 Å². The number of aromatic nitrogens is 2. The third kappa shape index (κ3) is 4.92. The van der Waals surface area contributed by atoms with E-state index >= 15 is 0 Å². The molecule has 12 rings (SSSR count). The van der Waals surface area contributed by atoms with Gasteiger partial charge in [-0.3, -0.25) is 0 Å². The summed E-state index contributed by atoms with van der Waals surface area (Å²) in [5.41, 5.74) is 15.7. The van der Waals surface area contributed by atoms with Gasteiger partial charge in [-0.25, -0.2) is 0 Å². The first kappa shape index (κ1) is 31.7. The van der Waals surface area contributed by atoms with Gasteiger partial charge < -0.3 is 13.6 Å². The van der Waals surface area contributed by atoms with Crippen LogP contribution >= 0.6 is 0 Å². The predicted octanol–water partition coefficient (Wildman–Crippen LogP) is 14.8. The zero-order chi connectivity index (χ0) is 37.5. The summed E-state index contributed by atoms with van der Waals surface area (Å²) in [6.07, 6.45) is 0. The minimum Gasteiger partial charge on any atom is -0.455 e. The molecule has 266 valence electrons. The van der Waals surface area contributed by atoms with Gasteiger partial charge in [0.05, 0.1) is 22.1 Å². The highest BCUT2D eigenvalue weighted by Crippen LogP contribution is 2.42. The molecule has 0 atom stereocenters. The van der Waals surface area contributed by atoms with Crippen molar-refractivity contribution in [1.29, 1.82) is 0 Å². The molecule has 0 amide bonds. The molecular weight excluding hydrogens is 693 g/mol. The van der Waals surface area contributed by atoms with Gasteiger partial charge in [0.2, 0.25) is 0 Å². The molecular formula is C54H34N2O. The van der Waals surface area contributed by atoms with Crippen LogP contribution in [0.3, 0.4) is 0 Å². The molecule has 0 aliphatic rings. The van der Waals surface area contributed by atoms with Crippen LogP contribution in [0.5, 0.6) is 0 Å². The van der Waals surface area contributed by atoms with E-state index in [9.17, 15) is 0 Å². The number of furan rings is 1. The number of para-hydroxylation sites is 5. The highest BCUT2D eigenvalue weighted by atomic mass is 16.3. The van der Waals surface area contributed by atoms with Crippen LogP contribution in [0.4, 0.5) is 0 Å². The Morgan fingerprint density at radius 3 is 1.53 bits per heavy atom. The van der Waals surface area contributed by atoms with Gasteiger partial charge in [0.15, 0.2) is 0 Å². The Labute approximate surface area is 328 Å². The molecule has 3 aromatic heterocycles. The smallest absolute Gasteiger partial charge is 0.143 e. The van der Waals surface area contributed by atoms with E-state index in [0.717, 1.165) is 55.6 Å². The molecule has 3 heterocycles. The topological polar surface area (TPSA) is 23.0 Å². The van der Waals surface area contributed by atoms with Crippen LogP contribution in [-0.2, 0) is 0 Å². The van der Waals surface area contributed by atoms with Crippen LogP contribution in [0.1, 0.15) is 0 Å². The fraction of sp³-hybridized carbons (Fsp3) is 0. The third-order valence-corrected chi connectivity index (χ3v) is 11.7. The first-order valence-electron chi connectivity index (χ1n) is 19.5. The average Bonchev–Trinajstić information content (AvgIpc) is 3.94. The van der Waals surface area contributed by atoms with Gasteiger partial charge in [-0.1, -0.05) is 127 Å². The van der Waals surface area contributed by atoms with E-state index in [1.54, 1.807) is 0 Å². The van der Waals surface area contributed by atoms with Crippen molar-refractivity contribution >= 4 is 65.6 Å². The van der Waals surface area contributed by atoms with Crippen molar-refractivity contribution in [3.63, 3.8) is 0 Å². The molecule has 0 radical (unpaired) electrons. The van der Waals surface area contributed by atoms with Crippen molar-refractivity contribution in [3.05, 3.63) is 206 Å². The maximum atomic E-state index is 6.69. The van der Waals surface area contributed by atoms with Crippen LogP contribution in [0, 0.1) is 0 Å². The summed E-state index contributed by atoms with van der Waals surface area (Å²) >= 11 is 0. The van der Waals surface area contributed by atoms with Gasteiger partial charge in [-0.2, -0.15) is 0 Å². The Morgan fingerprint density at radius 2 is 0.789 bits per heavy atom. The van der Waals surface area contributed by atoms with Crippen molar-refractivity contribution in [1.82, 2.24) is 9.13 Å². The van der Waals surface area contributed by atoms with Crippen molar-refractivity contribution in [3.8, 4) is 44.8 Å². The van der Waals surface area contributed by atoms with Crippen molar-refractivity contribution < 1.29 is 4.42 Å². The highest BCUT2D eigenvalue weighted by Gasteiger charge is 2.18. The molecule has 3 nitrogen and oxygen atoms in total. The Kier molecular flexibility index (Phi) is 6.93. The zero-order valence-electron chi connectivity index (χ0n) is 30.9. The molecule has 3 heteroatoms. The normalized spacial score (nSPS) is 11.9. The van der Waals surface area contributed by atoms with Gasteiger partial charge in [0, 0.05) is 49.3 Å². The van der Waals surface area contributed by atoms with Crippen molar-refractivity contribution in [2.75, 3.05) is 0 Å². The number of benzene rings is 9. The number of nitrogens with zero attached hydrogens (tertiary/aromatic N) is 2. The fourth-order valence-electron chi connectivity index (χ4n) is 9.11. The second-order valence-corrected chi connectivity index (χ2v) is 14.9. The van der Waals surface area contributed by atoms with Crippen LogP contribution in [0.2, 0.25) is 0 Å². The Hall–Kier alpha value is -7.62. The van der Waals surface area contributed by atoms with Crippen LogP contribution in [-0.4, -0.2) is 9.13 Å². The number of hydrogen-bond donors (Lipinski definition) is 0. The largest absolute Gasteiger partial charge is 0.455 e. The SMILES string of the molecule is c1ccc(-n2c3ccccc3c3cc(-c4cccc(-c5cc(-c6cccc(-n7c8ccccc8c8ccccc87)c6)c6oc7ccccc7c6c5)c4)ccc32)cc1. The molecule has 0 unspecified atom stereocenters. The molecule has 0 spiro atoms. The van der Waals surface area contributed by atoms with E-state index in [2.05, 4.69) is 209 Å². The van der Waals surface area contributed by atoms with Gasteiger partial charge in [0.1, 0.15) is 11.2 Å². The minimum absolute atomic E-state index is 0.890. The molecule has 0 aliphatic heterocycles. The molecule has 0 N–H and O–H groups in total. The molecule has 12 aromatic rings. The molecule has 0 fully saturated rings. The first-order chi connectivity index (χ1) is 28.3. The second kappa shape index (κ2) is 12.5. The highest BCUT2D eigenvalue weighted by molar-refractivity contribution is 6.13. The van der Waals surface area contributed by atoms with Crippen molar-refractivity contribution in [2.45, 2.75) is 0 Å². The monoisotopic (exact) mass is 726 g/mol. The van der Waals surface area contributed by atoms with Gasteiger partial charge in [0.25, 0.3) is 0 Å². The van der Waals surface area contributed by atoms with E-state index in [4.69, 9.17) is 4.42 Å². The van der Waals surface area contributed by atoms with Gasteiger partial charge >= 0.3 is 0 Å². The summed E-state index contributed by atoms with van der Waals surface area (Å²) in [5, 5.41) is 7.22. The lowest BCUT2D eigenvalue weighted by Crippen LogP contribution is -1.94. The first-order valence-corrected chi connectivity index (χ1v) is 19.5. The molecule has 0 bridgehead atoms. The Morgan fingerprint density at radius 1 is 0.281 bits per heavy atom. The lowest BCUT2D eigenvalue weighted by molar-refractivity contribution is 0.670. The van der Waals surface area contributed by atoms with Crippen LogP contribution in [0.15, 0.2) is 211 Å². The minimum atomic E-state index is 0.890. The molecule has 0 saturated carbocycles. The maximum absolute atomic E-state index is 6.69. The summed E-state index contributed by atoms with van der Waals surface area (Å²) in [6.45, 7) is 0. The van der Waals surface area contributed by atoms with Gasteiger partial charge in [-0.15, -0.1) is 0 Å². The summed E-state index contributed by atoms with van der Waals surface area (Å²) in [4.78, 5) is 0. The summed E-state index contributed by atoms with van der Waals surface area (Å²) in [5.74, 6) is 0.